The molecule has 0 saturated carbocycles. The highest BCUT2D eigenvalue weighted by Gasteiger charge is 2.16. The fraction of sp³-hybridized carbons (Fsp3) is 0.385. The smallest absolute Gasteiger partial charge is 0.196 e. The molecule has 1 aromatic heterocycles. The lowest BCUT2D eigenvalue weighted by molar-refractivity contribution is 0.120. The molecule has 0 radical (unpaired) electrons. The molecule has 5 heteroatoms. The minimum atomic E-state index is 0.0814. The molecule has 5 nitrogen and oxygen atoms in total. The van der Waals surface area contributed by atoms with Crippen LogP contribution in [-0.2, 0) is 4.74 Å². The zero-order valence-corrected chi connectivity index (χ0v) is 10.1. The number of hydrogen-bond acceptors (Lipinski definition) is 5. The van der Waals surface area contributed by atoms with Crippen molar-refractivity contribution in [2.75, 3.05) is 31.2 Å². The number of allylic oxidation sites excluding steroid dienone is 2. The Hall–Kier alpha value is -2.24. The second-order valence-electron chi connectivity index (χ2n) is 3.96. The van der Waals surface area contributed by atoms with Crippen LogP contribution in [0.4, 0.5) is 5.88 Å². The van der Waals surface area contributed by atoms with E-state index in [1.807, 2.05) is 18.2 Å². The number of furan rings is 1. The van der Waals surface area contributed by atoms with E-state index in [1.54, 1.807) is 13.0 Å². The quantitative estimate of drug-likeness (QED) is 0.742. The van der Waals surface area contributed by atoms with Crippen LogP contribution in [-0.4, -0.2) is 26.3 Å². The van der Waals surface area contributed by atoms with Crippen LogP contribution in [0.1, 0.15) is 12.7 Å². The summed E-state index contributed by atoms with van der Waals surface area (Å²) in [6.07, 6.45) is 0. The summed E-state index contributed by atoms with van der Waals surface area (Å²) in [5.41, 5.74) is 0.650. The van der Waals surface area contributed by atoms with Crippen LogP contribution in [0, 0.1) is 22.7 Å². The Labute approximate surface area is 105 Å². The lowest BCUT2D eigenvalue weighted by Gasteiger charge is -2.26. The van der Waals surface area contributed by atoms with Gasteiger partial charge in [0.15, 0.2) is 5.88 Å². The van der Waals surface area contributed by atoms with E-state index in [2.05, 4.69) is 4.90 Å². The van der Waals surface area contributed by atoms with Crippen molar-refractivity contribution in [1.82, 2.24) is 0 Å². The molecule has 0 spiro atoms. The van der Waals surface area contributed by atoms with Crippen molar-refractivity contribution in [3.63, 3.8) is 0 Å². The summed E-state index contributed by atoms with van der Waals surface area (Å²) in [5, 5.41) is 17.6. The Kier molecular flexibility index (Phi) is 3.66. The van der Waals surface area contributed by atoms with Gasteiger partial charge in [0.05, 0.1) is 13.2 Å². The first-order valence-electron chi connectivity index (χ1n) is 5.70. The van der Waals surface area contributed by atoms with E-state index in [9.17, 15) is 0 Å². The molecule has 2 heterocycles. The molecule has 2 rings (SSSR count). The van der Waals surface area contributed by atoms with Crippen molar-refractivity contribution in [2.24, 2.45) is 0 Å². The van der Waals surface area contributed by atoms with Crippen molar-refractivity contribution in [2.45, 2.75) is 6.92 Å². The van der Waals surface area contributed by atoms with Crippen molar-refractivity contribution in [3.05, 3.63) is 23.5 Å². The molecule has 1 fully saturated rings. The number of hydrogen-bond donors (Lipinski definition) is 0. The molecule has 0 unspecified atom stereocenters. The van der Waals surface area contributed by atoms with E-state index in [1.165, 1.54) is 0 Å². The maximum absolute atomic E-state index is 8.81. The first kappa shape index (κ1) is 12.2. The molecular formula is C13H13N3O2. The Morgan fingerprint density at radius 1 is 1.22 bits per heavy atom. The van der Waals surface area contributed by atoms with Gasteiger partial charge in [-0.25, -0.2) is 0 Å². The van der Waals surface area contributed by atoms with Gasteiger partial charge < -0.3 is 14.1 Å². The number of anilines is 1. The summed E-state index contributed by atoms with van der Waals surface area (Å²) in [6.45, 7) is 4.67. The second kappa shape index (κ2) is 5.39. The molecule has 18 heavy (non-hydrogen) atoms. The first-order valence-corrected chi connectivity index (χ1v) is 5.70. The molecule has 1 aliphatic rings. The molecule has 1 aliphatic heterocycles. The lowest BCUT2D eigenvalue weighted by Crippen LogP contribution is -2.35. The molecule has 92 valence electrons. The largest absolute Gasteiger partial charge is 0.441 e. The number of morpholine rings is 1. The Bertz CT molecular complexity index is 523. The standard InChI is InChI=1S/C13H13N3O2/c1-10(11(8-14)9-15)12-2-3-13(18-12)16-4-6-17-7-5-16/h2-3H,4-7H2,1H3. The van der Waals surface area contributed by atoms with Crippen LogP contribution in [0.25, 0.3) is 5.57 Å². The van der Waals surface area contributed by atoms with E-state index in [-0.39, 0.29) is 5.57 Å². The summed E-state index contributed by atoms with van der Waals surface area (Å²) in [4.78, 5) is 2.08. The average Bonchev–Trinajstić information content (AvgIpc) is 2.90. The van der Waals surface area contributed by atoms with E-state index < -0.39 is 0 Å². The lowest BCUT2D eigenvalue weighted by atomic mass is 10.1. The fourth-order valence-corrected chi connectivity index (χ4v) is 1.80. The van der Waals surface area contributed by atoms with Gasteiger partial charge in [-0.05, 0) is 13.0 Å². The Morgan fingerprint density at radius 2 is 1.89 bits per heavy atom. The van der Waals surface area contributed by atoms with Crippen LogP contribution in [0.3, 0.4) is 0 Å². The molecule has 0 atom stereocenters. The fourth-order valence-electron chi connectivity index (χ4n) is 1.80. The highest BCUT2D eigenvalue weighted by molar-refractivity contribution is 5.71. The second-order valence-corrected chi connectivity index (χ2v) is 3.96. The van der Waals surface area contributed by atoms with E-state index in [0.717, 1.165) is 19.0 Å². The van der Waals surface area contributed by atoms with Gasteiger partial charge in [0.25, 0.3) is 0 Å². The molecule has 0 N–H and O–H groups in total. The maximum atomic E-state index is 8.81. The van der Waals surface area contributed by atoms with Gasteiger partial charge in [-0.3, -0.25) is 0 Å². The highest BCUT2D eigenvalue weighted by atomic mass is 16.5. The van der Waals surface area contributed by atoms with Crippen molar-refractivity contribution >= 4 is 11.5 Å². The predicted octanol–water partition coefficient (Wildman–Crippen LogP) is 1.94. The SMILES string of the molecule is CC(=C(C#N)C#N)c1ccc(N2CCOCC2)o1. The van der Waals surface area contributed by atoms with Crippen LogP contribution in [0.15, 0.2) is 22.1 Å². The third-order valence-electron chi connectivity index (χ3n) is 2.88. The average molecular weight is 243 g/mol. The minimum absolute atomic E-state index is 0.0814. The van der Waals surface area contributed by atoms with Gasteiger partial charge in [0.1, 0.15) is 23.5 Å². The third-order valence-corrected chi connectivity index (χ3v) is 2.88. The van der Waals surface area contributed by atoms with Crippen LogP contribution >= 0.6 is 0 Å². The third kappa shape index (κ3) is 2.37. The zero-order valence-electron chi connectivity index (χ0n) is 10.1. The molecule has 0 aliphatic carbocycles. The summed E-state index contributed by atoms with van der Waals surface area (Å²) >= 11 is 0. The number of nitrogens with zero attached hydrogens (tertiary/aromatic N) is 3. The van der Waals surface area contributed by atoms with Gasteiger partial charge in [-0.1, -0.05) is 0 Å². The molecular weight excluding hydrogens is 230 g/mol. The molecule has 0 bridgehead atoms. The van der Waals surface area contributed by atoms with Crippen LogP contribution in [0.2, 0.25) is 0 Å². The van der Waals surface area contributed by atoms with Crippen molar-refractivity contribution in [3.8, 4) is 12.1 Å². The molecule has 0 aromatic carbocycles. The van der Waals surface area contributed by atoms with Gasteiger partial charge in [-0.2, -0.15) is 10.5 Å². The minimum Gasteiger partial charge on any atom is -0.441 e. The predicted molar refractivity (Wildman–Crippen MR) is 65.6 cm³/mol. The number of rotatable bonds is 2. The molecule has 1 aromatic rings. The normalized spacial score (nSPS) is 14.7. The first-order chi connectivity index (χ1) is 8.76. The molecule has 0 amide bonds. The van der Waals surface area contributed by atoms with E-state index in [4.69, 9.17) is 19.7 Å². The highest BCUT2D eigenvalue weighted by Crippen LogP contribution is 2.26. The van der Waals surface area contributed by atoms with Crippen molar-refractivity contribution in [1.29, 1.82) is 10.5 Å². The molecule has 1 saturated heterocycles. The zero-order chi connectivity index (χ0) is 13.0. The Balaban J connectivity index is 2.23. The van der Waals surface area contributed by atoms with Crippen LogP contribution < -0.4 is 4.90 Å². The topological polar surface area (TPSA) is 73.2 Å². The van der Waals surface area contributed by atoms with E-state index in [0.29, 0.717) is 24.5 Å². The summed E-state index contributed by atoms with van der Waals surface area (Å²) in [6, 6.07) is 7.37. The van der Waals surface area contributed by atoms with Crippen molar-refractivity contribution < 1.29 is 9.15 Å². The van der Waals surface area contributed by atoms with E-state index >= 15 is 0 Å². The van der Waals surface area contributed by atoms with Gasteiger partial charge in [0, 0.05) is 24.7 Å². The van der Waals surface area contributed by atoms with Crippen LogP contribution in [0.5, 0.6) is 0 Å². The number of nitriles is 2. The maximum Gasteiger partial charge on any atom is 0.196 e. The Morgan fingerprint density at radius 3 is 2.50 bits per heavy atom. The number of ether oxygens (including phenoxy) is 1. The van der Waals surface area contributed by atoms with Gasteiger partial charge in [-0.15, -0.1) is 0 Å². The summed E-state index contributed by atoms with van der Waals surface area (Å²) < 4.78 is 10.9. The summed E-state index contributed by atoms with van der Waals surface area (Å²) in [5.74, 6) is 1.32. The van der Waals surface area contributed by atoms with Gasteiger partial charge >= 0.3 is 0 Å². The van der Waals surface area contributed by atoms with Gasteiger partial charge in [0.2, 0.25) is 0 Å². The monoisotopic (exact) mass is 243 g/mol. The summed E-state index contributed by atoms with van der Waals surface area (Å²) in [7, 11) is 0.